The van der Waals surface area contributed by atoms with Crippen LogP contribution in [0.1, 0.15) is 16.5 Å². The van der Waals surface area contributed by atoms with E-state index in [0.717, 1.165) is 33.5 Å². The van der Waals surface area contributed by atoms with E-state index in [1.165, 1.54) is 0 Å². The van der Waals surface area contributed by atoms with Crippen LogP contribution < -0.4 is 9.47 Å². The lowest BCUT2D eigenvalue weighted by molar-refractivity contribution is 0.354. The smallest absolute Gasteiger partial charge is 0.160 e. The van der Waals surface area contributed by atoms with Crippen molar-refractivity contribution in [3.8, 4) is 11.5 Å². The van der Waals surface area contributed by atoms with Crippen LogP contribution in [-0.4, -0.2) is 14.2 Å². The number of alkyl halides is 1. The van der Waals surface area contributed by atoms with Gasteiger partial charge >= 0.3 is 0 Å². The maximum Gasteiger partial charge on any atom is 0.160 e. The van der Waals surface area contributed by atoms with Gasteiger partial charge in [-0.05, 0) is 41.8 Å². The Labute approximate surface area is 132 Å². The Morgan fingerprint density at radius 3 is 2.25 bits per heavy atom. The molecule has 2 nitrogen and oxygen atoms in total. The summed E-state index contributed by atoms with van der Waals surface area (Å²) < 4.78 is 11.6. The highest BCUT2D eigenvalue weighted by Gasteiger charge is 2.11. The summed E-state index contributed by atoms with van der Waals surface area (Å²) in [5, 5.41) is -0.0683. The summed E-state index contributed by atoms with van der Waals surface area (Å²) in [7, 11) is 3.26. The number of ether oxygens (including phenoxy) is 2. The number of hydrogen-bond acceptors (Lipinski definition) is 2. The molecule has 1 unspecified atom stereocenters. The van der Waals surface area contributed by atoms with Gasteiger partial charge in [-0.1, -0.05) is 34.1 Å². The number of rotatable bonds is 5. The number of methoxy groups -OCH3 is 2. The number of halogens is 2. The fraction of sp³-hybridized carbons (Fsp3) is 0.250. The van der Waals surface area contributed by atoms with Gasteiger partial charge in [-0.25, -0.2) is 0 Å². The van der Waals surface area contributed by atoms with Crippen molar-refractivity contribution >= 4 is 27.5 Å². The zero-order valence-electron chi connectivity index (χ0n) is 11.4. The molecule has 0 heterocycles. The monoisotopic (exact) mass is 354 g/mol. The van der Waals surface area contributed by atoms with Crippen LogP contribution in [0.25, 0.3) is 0 Å². The van der Waals surface area contributed by atoms with Gasteiger partial charge in [0, 0.05) is 4.47 Å². The molecule has 0 N–H and O–H groups in total. The molecule has 0 aliphatic rings. The molecule has 0 bridgehead atoms. The summed E-state index contributed by atoms with van der Waals surface area (Å²) >= 11 is 9.90. The molecule has 4 heteroatoms. The van der Waals surface area contributed by atoms with Crippen LogP contribution in [0.5, 0.6) is 11.5 Å². The van der Waals surface area contributed by atoms with E-state index in [2.05, 4.69) is 15.9 Å². The van der Waals surface area contributed by atoms with Crippen LogP contribution in [0, 0.1) is 0 Å². The lowest BCUT2D eigenvalue weighted by Crippen LogP contribution is -1.97. The van der Waals surface area contributed by atoms with Crippen LogP contribution in [0.3, 0.4) is 0 Å². The molecule has 0 amide bonds. The number of hydrogen-bond donors (Lipinski definition) is 0. The Hall–Kier alpha value is -1.19. The molecule has 0 aliphatic carbocycles. The first-order chi connectivity index (χ1) is 9.63. The van der Waals surface area contributed by atoms with Gasteiger partial charge < -0.3 is 9.47 Å². The van der Waals surface area contributed by atoms with Crippen LogP contribution in [0.15, 0.2) is 46.9 Å². The molecular weight excluding hydrogens is 340 g/mol. The van der Waals surface area contributed by atoms with Gasteiger partial charge in [0.2, 0.25) is 0 Å². The molecule has 20 heavy (non-hydrogen) atoms. The summed E-state index contributed by atoms with van der Waals surface area (Å²) in [5.41, 5.74) is 2.22. The van der Waals surface area contributed by atoms with Crippen molar-refractivity contribution in [2.24, 2.45) is 0 Å². The topological polar surface area (TPSA) is 18.5 Å². The second kappa shape index (κ2) is 7.00. The quantitative estimate of drug-likeness (QED) is 0.704. The van der Waals surface area contributed by atoms with Crippen LogP contribution in [-0.2, 0) is 6.42 Å². The summed E-state index contributed by atoms with van der Waals surface area (Å²) in [6, 6.07) is 13.9. The Morgan fingerprint density at radius 2 is 1.65 bits per heavy atom. The Morgan fingerprint density at radius 1 is 1.00 bits per heavy atom. The molecule has 106 valence electrons. The van der Waals surface area contributed by atoms with E-state index < -0.39 is 0 Å². The van der Waals surface area contributed by atoms with E-state index in [9.17, 15) is 0 Å². The van der Waals surface area contributed by atoms with Gasteiger partial charge in [0.25, 0.3) is 0 Å². The van der Waals surface area contributed by atoms with Gasteiger partial charge in [-0.3, -0.25) is 0 Å². The maximum atomic E-state index is 6.47. The highest BCUT2D eigenvalue weighted by Crippen LogP contribution is 2.31. The standard InChI is InChI=1S/C16H16BrClO2/c1-19-15-8-3-11(10-16(15)20-2)9-14(18)12-4-6-13(17)7-5-12/h3-8,10,14H,9H2,1-2H3. The molecule has 0 aromatic heterocycles. The van der Waals surface area contributed by atoms with Crippen LogP contribution in [0.4, 0.5) is 0 Å². The SMILES string of the molecule is COc1ccc(CC(Cl)c2ccc(Br)cc2)cc1OC. The molecule has 0 radical (unpaired) electrons. The normalized spacial score (nSPS) is 12.0. The molecule has 1 atom stereocenters. The van der Waals surface area contributed by atoms with E-state index in [0.29, 0.717) is 0 Å². The highest BCUT2D eigenvalue weighted by atomic mass is 79.9. The summed E-state index contributed by atoms with van der Waals surface area (Å²) in [4.78, 5) is 0. The minimum absolute atomic E-state index is 0.0683. The van der Waals surface area contributed by atoms with Gasteiger partial charge in [0.1, 0.15) is 0 Å². The predicted octanol–water partition coefficient (Wildman–Crippen LogP) is 4.99. The largest absolute Gasteiger partial charge is 0.493 e. The molecule has 2 aromatic carbocycles. The second-order valence-electron chi connectivity index (χ2n) is 4.41. The van der Waals surface area contributed by atoms with Crippen molar-refractivity contribution in [2.75, 3.05) is 14.2 Å². The Balaban J connectivity index is 2.15. The van der Waals surface area contributed by atoms with Crippen molar-refractivity contribution in [1.29, 1.82) is 0 Å². The summed E-state index contributed by atoms with van der Waals surface area (Å²) in [5.74, 6) is 1.45. The minimum atomic E-state index is -0.0683. The van der Waals surface area contributed by atoms with E-state index >= 15 is 0 Å². The fourth-order valence-corrected chi connectivity index (χ4v) is 2.59. The molecule has 2 rings (SSSR count). The molecular formula is C16H16BrClO2. The first-order valence-electron chi connectivity index (χ1n) is 6.24. The third-order valence-corrected chi connectivity index (χ3v) is 4.03. The third kappa shape index (κ3) is 3.68. The second-order valence-corrected chi connectivity index (χ2v) is 5.86. The van der Waals surface area contributed by atoms with E-state index in [4.69, 9.17) is 21.1 Å². The molecule has 0 spiro atoms. The zero-order valence-corrected chi connectivity index (χ0v) is 13.7. The predicted molar refractivity (Wildman–Crippen MR) is 86.0 cm³/mol. The van der Waals surface area contributed by atoms with Crippen molar-refractivity contribution in [2.45, 2.75) is 11.8 Å². The molecule has 2 aromatic rings. The van der Waals surface area contributed by atoms with Crippen molar-refractivity contribution in [3.05, 3.63) is 58.1 Å². The van der Waals surface area contributed by atoms with Crippen LogP contribution >= 0.6 is 27.5 Å². The zero-order chi connectivity index (χ0) is 14.5. The van der Waals surface area contributed by atoms with Gasteiger partial charge in [-0.2, -0.15) is 0 Å². The van der Waals surface area contributed by atoms with Crippen LogP contribution in [0.2, 0.25) is 0 Å². The lowest BCUT2D eigenvalue weighted by atomic mass is 10.0. The van der Waals surface area contributed by atoms with Gasteiger partial charge in [0.05, 0.1) is 19.6 Å². The lowest BCUT2D eigenvalue weighted by Gasteiger charge is -2.13. The molecule has 0 fully saturated rings. The highest BCUT2D eigenvalue weighted by molar-refractivity contribution is 9.10. The van der Waals surface area contributed by atoms with Crippen molar-refractivity contribution in [3.63, 3.8) is 0 Å². The van der Waals surface area contributed by atoms with E-state index in [1.807, 2.05) is 42.5 Å². The number of benzene rings is 2. The fourth-order valence-electron chi connectivity index (χ4n) is 2.00. The van der Waals surface area contributed by atoms with Gasteiger partial charge in [0.15, 0.2) is 11.5 Å². The first-order valence-corrected chi connectivity index (χ1v) is 7.47. The average molecular weight is 356 g/mol. The summed E-state index contributed by atoms with van der Waals surface area (Å²) in [6.07, 6.45) is 0.740. The van der Waals surface area contributed by atoms with E-state index in [-0.39, 0.29) is 5.38 Å². The molecule has 0 saturated heterocycles. The Bertz CT molecular complexity index is 569. The average Bonchev–Trinajstić information content (AvgIpc) is 2.47. The molecule has 0 aliphatic heterocycles. The Kier molecular flexibility index (Phi) is 5.32. The third-order valence-electron chi connectivity index (χ3n) is 3.09. The van der Waals surface area contributed by atoms with Crippen molar-refractivity contribution in [1.82, 2.24) is 0 Å². The van der Waals surface area contributed by atoms with E-state index in [1.54, 1.807) is 14.2 Å². The molecule has 0 saturated carbocycles. The maximum absolute atomic E-state index is 6.47. The summed E-state index contributed by atoms with van der Waals surface area (Å²) in [6.45, 7) is 0. The minimum Gasteiger partial charge on any atom is -0.493 e. The van der Waals surface area contributed by atoms with Gasteiger partial charge in [-0.15, -0.1) is 11.6 Å². The first kappa shape index (κ1) is 15.2. The van der Waals surface area contributed by atoms with Crippen molar-refractivity contribution < 1.29 is 9.47 Å².